The summed E-state index contributed by atoms with van der Waals surface area (Å²) in [5.41, 5.74) is -0.114. The van der Waals surface area contributed by atoms with Gasteiger partial charge in [0.1, 0.15) is 17.7 Å². The Hall–Kier alpha value is -1.33. The minimum Gasteiger partial charge on any atom is -0.367 e. The predicted molar refractivity (Wildman–Crippen MR) is 67.1 cm³/mol. The van der Waals surface area contributed by atoms with Crippen molar-refractivity contribution in [3.05, 3.63) is 35.4 Å². The lowest BCUT2D eigenvalue weighted by Gasteiger charge is -2.34. The van der Waals surface area contributed by atoms with E-state index in [-0.39, 0.29) is 5.56 Å². The summed E-state index contributed by atoms with van der Waals surface area (Å²) >= 11 is 0. The van der Waals surface area contributed by atoms with Gasteiger partial charge in [0, 0.05) is 25.2 Å². The van der Waals surface area contributed by atoms with Gasteiger partial charge in [-0.05, 0) is 26.0 Å². The van der Waals surface area contributed by atoms with Crippen LogP contribution in [0.25, 0.3) is 0 Å². The maximum absolute atomic E-state index is 13.6. The van der Waals surface area contributed by atoms with Crippen molar-refractivity contribution in [3.63, 3.8) is 0 Å². The number of rotatable bonds is 3. The minimum atomic E-state index is -0.838. The molecule has 1 aromatic carbocycles. The summed E-state index contributed by atoms with van der Waals surface area (Å²) in [6, 6.07) is 3.28. The van der Waals surface area contributed by atoms with Crippen molar-refractivity contribution in [2.45, 2.75) is 26.0 Å². The first-order chi connectivity index (χ1) is 8.99. The van der Waals surface area contributed by atoms with E-state index < -0.39 is 23.5 Å². The van der Waals surface area contributed by atoms with Crippen molar-refractivity contribution >= 4 is 5.78 Å². The first kappa shape index (κ1) is 14.1. The molecular weight excluding hydrogens is 252 g/mol. The van der Waals surface area contributed by atoms with Crippen molar-refractivity contribution in [2.24, 2.45) is 0 Å². The second-order valence-corrected chi connectivity index (χ2v) is 4.94. The second kappa shape index (κ2) is 5.75. The zero-order chi connectivity index (χ0) is 14.0. The van der Waals surface area contributed by atoms with Gasteiger partial charge in [-0.25, -0.2) is 8.78 Å². The molecule has 19 heavy (non-hydrogen) atoms. The van der Waals surface area contributed by atoms with Crippen molar-refractivity contribution < 1.29 is 18.3 Å². The van der Waals surface area contributed by atoms with Crippen LogP contribution < -0.4 is 0 Å². The molecule has 0 radical (unpaired) electrons. The Morgan fingerprint density at radius 3 is 2.79 bits per heavy atom. The molecule has 0 aromatic heterocycles. The highest BCUT2D eigenvalue weighted by Gasteiger charge is 2.30. The normalized spacial score (nSPS) is 20.8. The molecule has 0 amide bonds. The third kappa shape index (κ3) is 3.16. The van der Waals surface area contributed by atoms with Gasteiger partial charge >= 0.3 is 0 Å². The van der Waals surface area contributed by atoms with Crippen LogP contribution in [0.1, 0.15) is 24.2 Å². The molecule has 1 aliphatic heterocycles. The summed E-state index contributed by atoms with van der Waals surface area (Å²) in [7, 11) is 0. The zero-order valence-corrected chi connectivity index (χ0v) is 11.0. The SMILES string of the molecule is CC(C)N1CCOC(C(=O)c2ccc(F)cc2F)C1. The molecule has 1 fully saturated rings. The molecule has 0 N–H and O–H groups in total. The molecule has 0 aliphatic carbocycles. The van der Waals surface area contributed by atoms with E-state index in [0.29, 0.717) is 19.2 Å². The number of hydrogen-bond donors (Lipinski definition) is 0. The molecule has 5 heteroatoms. The maximum Gasteiger partial charge on any atom is 0.195 e. The Morgan fingerprint density at radius 1 is 1.42 bits per heavy atom. The Labute approximate surface area is 111 Å². The number of halogens is 2. The van der Waals surface area contributed by atoms with Gasteiger partial charge in [-0.3, -0.25) is 9.69 Å². The van der Waals surface area contributed by atoms with E-state index in [9.17, 15) is 13.6 Å². The summed E-state index contributed by atoms with van der Waals surface area (Å²) < 4.78 is 31.8. The number of carbonyl (C=O) groups excluding carboxylic acids is 1. The maximum atomic E-state index is 13.6. The van der Waals surface area contributed by atoms with Crippen LogP contribution in [0.3, 0.4) is 0 Å². The molecular formula is C14H17F2NO2. The lowest BCUT2D eigenvalue weighted by Crippen LogP contribution is -2.48. The van der Waals surface area contributed by atoms with E-state index in [1.807, 2.05) is 13.8 Å². The molecule has 0 saturated carbocycles. The van der Waals surface area contributed by atoms with Gasteiger partial charge in [-0.1, -0.05) is 0 Å². The summed E-state index contributed by atoms with van der Waals surface area (Å²) in [5.74, 6) is -1.96. The largest absolute Gasteiger partial charge is 0.367 e. The lowest BCUT2D eigenvalue weighted by molar-refractivity contribution is -0.0257. The van der Waals surface area contributed by atoms with Crippen molar-refractivity contribution in [2.75, 3.05) is 19.7 Å². The van der Waals surface area contributed by atoms with Gasteiger partial charge in [0.05, 0.1) is 12.2 Å². The van der Waals surface area contributed by atoms with Gasteiger partial charge in [-0.15, -0.1) is 0 Å². The molecule has 0 bridgehead atoms. The monoisotopic (exact) mass is 269 g/mol. The third-order valence-corrected chi connectivity index (χ3v) is 3.32. The standard InChI is InChI=1S/C14H17F2NO2/c1-9(2)17-5-6-19-13(8-17)14(18)11-4-3-10(15)7-12(11)16/h3-4,7,9,13H,5-6,8H2,1-2H3. The number of ketones is 1. The second-order valence-electron chi connectivity index (χ2n) is 4.94. The van der Waals surface area contributed by atoms with E-state index in [2.05, 4.69) is 4.90 Å². The van der Waals surface area contributed by atoms with Crippen LogP contribution >= 0.6 is 0 Å². The molecule has 3 nitrogen and oxygen atoms in total. The number of ether oxygens (including phenoxy) is 1. The van der Waals surface area contributed by atoms with Crippen LogP contribution in [-0.4, -0.2) is 42.5 Å². The number of hydrogen-bond acceptors (Lipinski definition) is 3. The third-order valence-electron chi connectivity index (χ3n) is 3.32. The highest BCUT2D eigenvalue weighted by atomic mass is 19.1. The Bertz CT molecular complexity index is 477. The fraction of sp³-hybridized carbons (Fsp3) is 0.500. The molecule has 1 aromatic rings. The highest BCUT2D eigenvalue weighted by Crippen LogP contribution is 2.17. The average Bonchev–Trinajstić information content (AvgIpc) is 2.38. The average molecular weight is 269 g/mol. The van der Waals surface area contributed by atoms with Gasteiger partial charge in [0.2, 0.25) is 0 Å². The quantitative estimate of drug-likeness (QED) is 0.788. The molecule has 1 atom stereocenters. The summed E-state index contributed by atoms with van der Waals surface area (Å²) in [6.45, 7) is 5.70. The molecule has 2 rings (SSSR count). The summed E-state index contributed by atoms with van der Waals surface area (Å²) in [4.78, 5) is 14.3. The number of benzene rings is 1. The fourth-order valence-electron chi connectivity index (χ4n) is 2.16. The number of nitrogens with zero attached hydrogens (tertiary/aromatic N) is 1. The van der Waals surface area contributed by atoms with Gasteiger partial charge in [-0.2, -0.15) is 0 Å². The fourth-order valence-corrected chi connectivity index (χ4v) is 2.16. The highest BCUT2D eigenvalue weighted by molar-refractivity contribution is 5.99. The zero-order valence-electron chi connectivity index (χ0n) is 11.0. The number of Topliss-reactive ketones (excluding diaryl/α,β-unsaturated/α-hetero) is 1. The van der Waals surface area contributed by atoms with Crippen LogP contribution in [-0.2, 0) is 4.74 Å². The van der Waals surface area contributed by atoms with E-state index >= 15 is 0 Å². The topological polar surface area (TPSA) is 29.5 Å². The molecule has 1 heterocycles. The van der Waals surface area contributed by atoms with Crippen LogP contribution in [0.2, 0.25) is 0 Å². The molecule has 1 saturated heterocycles. The van der Waals surface area contributed by atoms with Crippen molar-refractivity contribution in [3.8, 4) is 0 Å². The summed E-state index contributed by atoms with van der Waals surface area (Å²) in [6.07, 6.45) is -0.684. The van der Waals surface area contributed by atoms with Gasteiger partial charge in [0.15, 0.2) is 5.78 Å². The molecule has 0 spiro atoms. The molecule has 104 valence electrons. The summed E-state index contributed by atoms with van der Waals surface area (Å²) in [5, 5.41) is 0. The Kier molecular flexibility index (Phi) is 4.27. The van der Waals surface area contributed by atoms with Crippen LogP contribution in [0.4, 0.5) is 8.78 Å². The van der Waals surface area contributed by atoms with E-state index in [1.54, 1.807) is 0 Å². The number of carbonyl (C=O) groups is 1. The van der Waals surface area contributed by atoms with Crippen molar-refractivity contribution in [1.29, 1.82) is 0 Å². The van der Waals surface area contributed by atoms with Crippen LogP contribution in [0.15, 0.2) is 18.2 Å². The van der Waals surface area contributed by atoms with Crippen LogP contribution in [0, 0.1) is 11.6 Å². The van der Waals surface area contributed by atoms with Gasteiger partial charge in [0.25, 0.3) is 0 Å². The number of morpholine rings is 1. The Morgan fingerprint density at radius 2 is 2.16 bits per heavy atom. The van der Waals surface area contributed by atoms with Gasteiger partial charge < -0.3 is 4.74 Å². The predicted octanol–water partition coefficient (Wildman–Crippen LogP) is 2.26. The first-order valence-electron chi connectivity index (χ1n) is 6.34. The Balaban J connectivity index is 2.15. The van der Waals surface area contributed by atoms with Crippen molar-refractivity contribution in [1.82, 2.24) is 4.90 Å². The smallest absolute Gasteiger partial charge is 0.195 e. The van der Waals surface area contributed by atoms with E-state index in [4.69, 9.17) is 4.74 Å². The molecule has 1 aliphatic rings. The van der Waals surface area contributed by atoms with E-state index in [0.717, 1.165) is 18.7 Å². The first-order valence-corrected chi connectivity index (χ1v) is 6.34. The minimum absolute atomic E-state index is 0.114. The lowest BCUT2D eigenvalue weighted by atomic mass is 10.0. The van der Waals surface area contributed by atoms with E-state index in [1.165, 1.54) is 6.07 Å². The van der Waals surface area contributed by atoms with Crippen LogP contribution in [0.5, 0.6) is 0 Å². The molecule has 1 unspecified atom stereocenters.